The molecule has 2 amide bonds. The molecule has 0 saturated heterocycles. The molecule has 0 spiro atoms. The molecule has 244 valence electrons. The van der Waals surface area contributed by atoms with Crippen molar-refractivity contribution in [1.82, 2.24) is 5.32 Å². The summed E-state index contributed by atoms with van der Waals surface area (Å²) in [5.74, 6) is -0.485. The number of hydrogen-bond acceptors (Lipinski definition) is 6. The van der Waals surface area contributed by atoms with Crippen molar-refractivity contribution < 1.29 is 23.9 Å². The van der Waals surface area contributed by atoms with E-state index in [1.807, 2.05) is 63.2 Å². The molecule has 3 aromatic rings. The van der Waals surface area contributed by atoms with E-state index in [1.165, 1.54) is 7.11 Å². The number of benzene rings is 3. The van der Waals surface area contributed by atoms with Crippen LogP contribution in [0.3, 0.4) is 0 Å². The number of carbonyl (C=O) groups excluding carboxylic acids is 3. The number of rotatable bonds is 9. The van der Waals surface area contributed by atoms with Crippen LogP contribution in [0.25, 0.3) is 0 Å². The number of anilines is 2. The quantitative estimate of drug-likeness (QED) is 0.158. The zero-order valence-corrected chi connectivity index (χ0v) is 28.1. The molecule has 0 radical (unpaired) electrons. The summed E-state index contributed by atoms with van der Waals surface area (Å²) in [6, 6.07) is 20.0. The smallest absolute Gasteiger partial charge is 0.407 e. The first-order valence-electron chi connectivity index (χ1n) is 15.7. The normalized spacial score (nSPS) is 18.3. The number of methoxy groups -OCH3 is 1. The highest BCUT2D eigenvalue weighted by molar-refractivity contribution is 6.30. The van der Waals surface area contributed by atoms with Crippen molar-refractivity contribution >= 4 is 52.5 Å². The van der Waals surface area contributed by atoms with E-state index in [0.717, 1.165) is 38.5 Å². The maximum absolute atomic E-state index is 14.1. The zero-order chi connectivity index (χ0) is 33.1. The predicted molar refractivity (Wildman–Crippen MR) is 182 cm³/mol. The molecule has 0 aromatic heterocycles. The molecule has 0 heterocycles. The fraction of sp³-hybridized carbons (Fsp3) is 0.417. The van der Waals surface area contributed by atoms with Crippen molar-refractivity contribution in [3.8, 4) is 0 Å². The summed E-state index contributed by atoms with van der Waals surface area (Å²) in [5.41, 5.74) is 1.39. The lowest BCUT2D eigenvalue weighted by atomic mass is 9.69. The van der Waals surface area contributed by atoms with E-state index in [0.29, 0.717) is 38.1 Å². The van der Waals surface area contributed by atoms with E-state index in [-0.39, 0.29) is 23.9 Å². The molecular weight excluding hydrogens is 625 g/mol. The molecule has 10 heteroatoms. The third-order valence-corrected chi connectivity index (χ3v) is 9.02. The van der Waals surface area contributed by atoms with Gasteiger partial charge in [-0.15, -0.1) is 0 Å². The van der Waals surface area contributed by atoms with Crippen LogP contribution in [-0.4, -0.2) is 42.8 Å². The zero-order valence-electron chi connectivity index (χ0n) is 26.6. The van der Waals surface area contributed by atoms with Crippen molar-refractivity contribution in [1.29, 1.82) is 0 Å². The molecule has 3 aromatic carbocycles. The highest BCUT2D eigenvalue weighted by Gasteiger charge is 2.46. The number of alkyl carbamates (subject to hydrolysis) is 1. The van der Waals surface area contributed by atoms with Gasteiger partial charge in [-0.3, -0.25) is 9.59 Å². The van der Waals surface area contributed by atoms with Gasteiger partial charge >= 0.3 is 12.1 Å². The average Bonchev–Trinajstić information content (AvgIpc) is 3.86. The Morgan fingerprint density at radius 3 is 1.74 bits per heavy atom. The fourth-order valence-corrected chi connectivity index (χ4v) is 6.32. The first-order chi connectivity index (χ1) is 21.9. The number of carbonyl (C=O) groups is 3. The van der Waals surface area contributed by atoms with Crippen LogP contribution in [-0.2, 0) is 24.5 Å². The Morgan fingerprint density at radius 1 is 0.717 bits per heavy atom. The molecular formula is C36H41Cl2N3O5. The van der Waals surface area contributed by atoms with E-state index in [4.69, 9.17) is 32.7 Å². The Hall–Kier alpha value is -3.75. The van der Waals surface area contributed by atoms with Gasteiger partial charge in [0.2, 0.25) is 5.91 Å². The predicted octanol–water partition coefficient (Wildman–Crippen LogP) is 8.10. The number of halogens is 2. The summed E-state index contributed by atoms with van der Waals surface area (Å²) in [4.78, 5) is 39.3. The van der Waals surface area contributed by atoms with Crippen LogP contribution in [0.4, 0.5) is 16.2 Å². The molecule has 2 fully saturated rings. The van der Waals surface area contributed by atoms with Gasteiger partial charge in [0.05, 0.1) is 18.5 Å². The number of esters is 1. The van der Waals surface area contributed by atoms with Gasteiger partial charge in [-0.1, -0.05) is 53.5 Å². The van der Waals surface area contributed by atoms with E-state index < -0.39 is 23.1 Å². The van der Waals surface area contributed by atoms with Crippen LogP contribution in [0.15, 0.2) is 66.7 Å². The summed E-state index contributed by atoms with van der Waals surface area (Å²) >= 11 is 12.5. The van der Waals surface area contributed by atoms with Crippen molar-refractivity contribution in [2.75, 3.05) is 17.7 Å². The average molecular weight is 667 g/mol. The number of amides is 2. The van der Waals surface area contributed by atoms with Gasteiger partial charge in [-0.25, -0.2) is 4.79 Å². The monoisotopic (exact) mass is 665 g/mol. The maximum Gasteiger partial charge on any atom is 0.407 e. The maximum atomic E-state index is 14.1. The molecule has 2 aliphatic rings. The fourth-order valence-electron chi connectivity index (χ4n) is 6.07. The number of ether oxygens (including phenoxy) is 2. The van der Waals surface area contributed by atoms with E-state index in [2.05, 4.69) is 16.0 Å². The Kier molecular flexibility index (Phi) is 10.2. The number of hydrogen-bond donors (Lipinski definition) is 3. The van der Waals surface area contributed by atoms with E-state index in [1.54, 1.807) is 24.3 Å². The minimum Gasteiger partial charge on any atom is -0.468 e. The van der Waals surface area contributed by atoms with E-state index in [9.17, 15) is 14.4 Å². The Morgan fingerprint density at radius 2 is 1.24 bits per heavy atom. The van der Waals surface area contributed by atoms with Crippen LogP contribution in [0.1, 0.15) is 76.0 Å². The van der Waals surface area contributed by atoms with Gasteiger partial charge in [0.15, 0.2) is 0 Å². The first-order valence-corrected chi connectivity index (χ1v) is 16.5. The van der Waals surface area contributed by atoms with Crippen LogP contribution in [0.5, 0.6) is 0 Å². The molecule has 0 unspecified atom stereocenters. The van der Waals surface area contributed by atoms with Gasteiger partial charge in [0.25, 0.3) is 0 Å². The summed E-state index contributed by atoms with van der Waals surface area (Å²) in [6.45, 7) is 5.53. The van der Waals surface area contributed by atoms with Crippen molar-refractivity contribution in [2.45, 2.75) is 82.4 Å². The van der Waals surface area contributed by atoms with Crippen molar-refractivity contribution in [3.05, 3.63) is 93.5 Å². The van der Waals surface area contributed by atoms with Crippen LogP contribution < -0.4 is 16.0 Å². The summed E-state index contributed by atoms with van der Waals surface area (Å²) < 4.78 is 10.9. The minimum atomic E-state index is -1.37. The lowest BCUT2D eigenvalue weighted by Crippen LogP contribution is -2.42. The molecule has 3 N–H and O–H groups in total. The topological polar surface area (TPSA) is 106 Å². The second-order valence-corrected chi connectivity index (χ2v) is 14.0. The first kappa shape index (κ1) is 33.6. The molecule has 0 aliphatic heterocycles. The van der Waals surface area contributed by atoms with Crippen molar-refractivity contribution in [3.63, 3.8) is 0 Å². The molecule has 46 heavy (non-hydrogen) atoms. The van der Waals surface area contributed by atoms with Crippen LogP contribution in [0.2, 0.25) is 10.0 Å². The van der Waals surface area contributed by atoms with Gasteiger partial charge < -0.3 is 25.4 Å². The molecule has 0 atom stereocenters. The molecule has 8 nitrogen and oxygen atoms in total. The number of nitrogens with one attached hydrogen (secondary N) is 3. The third kappa shape index (κ3) is 7.78. The molecule has 2 aliphatic carbocycles. The highest BCUT2D eigenvalue weighted by atomic mass is 35.5. The van der Waals surface area contributed by atoms with Crippen molar-refractivity contribution in [2.24, 2.45) is 5.92 Å². The van der Waals surface area contributed by atoms with Gasteiger partial charge in [0.1, 0.15) is 11.0 Å². The second kappa shape index (κ2) is 13.9. The van der Waals surface area contributed by atoms with Gasteiger partial charge in [-0.05, 0) is 112 Å². The van der Waals surface area contributed by atoms with Gasteiger partial charge in [-0.2, -0.15) is 0 Å². The largest absolute Gasteiger partial charge is 0.468 e. The lowest BCUT2D eigenvalue weighted by molar-refractivity contribution is -0.144. The summed E-state index contributed by atoms with van der Waals surface area (Å²) in [6.07, 6.45) is 4.45. The Bertz CT molecular complexity index is 1510. The summed E-state index contributed by atoms with van der Waals surface area (Å²) in [5, 5.41) is 10.8. The Labute approximate surface area is 280 Å². The molecule has 5 rings (SSSR count). The molecule has 2 saturated carbocycles. The SMILES string of the molecule is COC(=O)C(c1ccc(Cl)cc1)(c1ccc(Cl)cc1)c1ccc(NC(=O)C2CC2)c(NC2CCC(NC(=O)OC(C)(C)C)CC2)c1. The minimum absolute atomic E-state index is 0.00931. The summed E-state index contributed by atoms with van der Waals surface area (Å²) in [7, 11) is 1.37. The lowest BCUT2D eigenvalue weighted by Gasteiger charge is -2.35. The standard InChI is InChI=1S/C36H41Cl2N3O5/c1-35(2,3)46-34(44)40-29-18-16-28(17-19-29)39-31-21-25(11-20-30(31)41-32(42)22-5-6-22)36(33(43)45-4,23-7-12-26(37)13-8-23)24-9-14-27(38)15-10-24/h7-15,20-22,28-29,39H,5-6,16-19H2,1-4H3,(H,40,44)(H,41,42). The third-order valence-electron chi connectivity index (χ3n) is 8.51. The van der Waals surface area contributed by atoms with Crippen LogP contribution in [0, 0.1) is 5.92 Å². The highest BCUT2D eigenvalue weighted by Crippen LogP contribution is 2.44. The molecule has 0 bridgehead atoms. The second-order valence-electron chi connectivity index (χ2n) is 13.1. The van der Waals surface area contributed by atoms with Gasteiger partial charge in [0, 0.05) is 28.0 Å². The Balaban J connectivity index is 1.51. The van der Waals surface area contributed by atoms with E-state index >= 15 is 0 Å². The van der Waals surface area contributed by atoms with Crippen LogP contribution >= 0.6 is 23.2 Å².